The second-order valence-corrected chi connectivity index (χ2v) is 4.36. The van der Waals surface area contributed by atoms with Crippen LogP contribution in [0, 0.1) is 0 Å². The first kappa shape index (κ1) is 15.5. The monoisotopic (exact) mass is 244 g/mol. The van der Waals surface area contributed by atoms with Crippen molar-refractivity contribution in [3.63, 3.8) is 0 Å². The van der Waals surface area contributed by atoms with E-state index in [2.05, 4.69) is 10.2 Å². The van der Waals surface area contributed by atoms with Crippen molar-refractivity contribution >= 4 is 11.9 Å². The molecule has 6 heteroatoms. The van der Waals surface area contributed by atoms with Crippen LogP contribution < -0.4 is 0 Å². The molecule has 98 valence electrons. The van der Waals surface area contributed by atoms with E-state index in [0.717, 1.165) is 0 Å². The summed E-state index contributed by atoms with van der Waals surface area (Å²) in [5, 5.41) is 7.84. The van der Waals surface area contributed by atoms with Crippen molar-refractivity contribution in [2.24, 2.45) is 10.2 Å². The van der Waals surface area contributed by atoms with Crippen LogP contribution in [0.3, 0.4) is 0 Å². The maximum Gasteiger partial charge on any atom is 0.304 e. The van der Waals surface area contributed by atoms with E-state index in [-0.39, 0.29) is 0 Å². The van der Waals surface area contributed by atoms with Gasteiger partial charge in [-0.25, -0.2) is 0 Å². The number of nitrogens with zero attached hydrogens (tertiary/aromatic N) is 2. The Kier molecular flexibility index (Phi) is 5.25. The van der Waals surface area contributed by atoms with Crippen LogP contribution in [0.1, 0.15) is 48.0 Å². The van der Waals surface area contributed by atoms with Crippen molar-refractivity contribution in [1.82, 2.24) is 0 Å². The lowest BCUT2D eigenvalue weighted by Gasteiger charge is -2.24. The normalized spacial score (nSPS) is 15.4. The summed E-state index contributed by atoms with van der Waals surface area (Å²) in [6, 6.07) is 0. The SMILES string of the molecule is CCC(C)(N=NC(C)(C)OC(C)=O)OC(C)=O. The van der Waals surface area contributed by atoms with Crippen LogP contribution in [-0.2, 0) is 19.1 Å². The summed E-state index contributed by atoms with van der Waals surface area (Å²) in [6.45, 7) is 9.26. The molecule has 6 nitrogen and oxygen atoms in total. The Morgan fingerprint density at radius 1 is 1.00 bits per heavy atom. The third-order valence-electron chi connectivity index (χ3n) is 1.92. The van der Waals surface area contributed by atoms with E-state index >= 15 is 0 Å². The highest BCUT2D eigenvalue weighted by Gasteiger charge is 2.28. The van der Waals surface area contributed by atoms with Crippen molar-refractivity contribution in [3.8, 4) is 0 Å². The molecule has 0 rings (SSSR count). The van der Waals surface area contributed by atoms with Gasteiger partial charge in [0.05, 0.1) is 0 Å². The van der Waals surface area contributed by atoms with E-state index in [1.54, 1.807) is 20.8 Å². The number of rotatable bonds is 5. The molecule has 0 amide bonds. The molecule has 1 unspecified atom stereocenters. The summed E-state index contributed by atoms with van der Waals surface area (Å²) >= 11 is 0. The van der Waals surface area contributed by atoms with E-state index in [9.17, 15) is 9.59 Å². The lowest BCUT2D eigenvalue weighted by molar-refractivity contribution is -0.159. The van der Waals surface area contributed by atoms with Crippen molar-refractivity contribution in [3.05, 3.63) is 0 Å². The van der Waals surface area contributed by atoms with Gasteiger partial charge in [0.15, 0.2) is 0 Å². The fourth-order valence-electron chi connectivity index (χ4n) is 1.07. The van der Waals surface area contributed by atoms with E-state index < -0.39 is 23.4 Å². The third kappa shape index (κ3) is 6.65. The molecule has 0 fully saturated rings. The number of ether oxygens (including phenoxy) is 2. The van der Waals surface area contributed by atoms with Crippen molar-refractivity contribution in [2.45, 2.75) is 59.4 Å². The molecule has 0 N–H and O–H groups in total. The largest absolute Gasteiger partial charge is 0.436 e. The predicted molar refractivity (Wildman–Crippen MR) is 61.2 cm³/mol. The van der Waals surface area contributed by atoms with E-state index in [0.29, 0.717) is 6.42 Å². The Morgan fingerprint density at radius 2 is 1.47 bits per heavy atom. The molecular weight excluding hydrogens is 224 g/mol. The molecule has 0 aromatic carbocycles. The van der Waals surface area contributed by atoms with Gasteiger partial charge >= 0.3 is 11.9 Å². The lowest BCUT2D eigenvalue weighted by Crippen LogP contribution is -2.30. The van der Waals surface area contributed by atoms with Gasteiger partial charge in [0.1, 0.15) is 0 Å². The zero-order valence-electron chi connectivity index (χ0n) is 11.2. The molecule has 0 aliphatic heterocycles. The van der Waals surface area contributed by atoms with Crippen molar-refractivity contribution in [2.75, 3.05) is 0 Å². The van der Waals surface area contributed by atoms with Crippen LogP contribution in [0.4, 0.5) is 0 Å². The summed E-state index contributed by atoms with van der Waals surface area (Å²) in [4.78, 5) is 21.7. The average molecular weight is 244 g/mol. The molecule has 1 atom stereocenters. The minimum Gasteiger partial charge on any atom is -0.436 e. The standard InChI is InChI=1S/C11H20N2O4/c1-7-11(6,17-9(3)15)13-12-10(4,5)16-8(2)14/h7H2,1-6H3. The quantitative estimate of drug-likeness (QED) is 0.549. The second kappa shape index (κ2) is 5.75. The molecule has 0 heterocycles. The molecule has 0 aromatic rings. The van der Waals surface area contributed by atoms with Crippen LogP contribution >= 0.6 is 0 Å². The minimum absolute atomic E-state index is 0.432. The molecule has 0 radical (unpaired) electrons. The number of carbonyl (C=O) groups excluding carboxylic acids is 2. The van der Waals surface area contributed by atoms with Crippen LogP contribution in [0.5, 0.6) is 0 Å². The summed E-state index contributed by atoms with van der Waals surface area (Å²) in [7, 11) is 0. The summed E-state index contributed by atoms with van der Waals surface area (Å²) in [5.41, 5.74) is -2.09. The van der Waals surface area contributed by atoms with Gasteiger partial charge < -0.3 is 9.47 Å². The minimum atomic E-state index is -1.07. The molecular formula is C11H20N2O4. The highest BCUT2D eigenvalue weighted by Crippen LogP contribution is 2.21. The van der Waals surface area contributed by atoms with Crippen LogP contribution in [0.2, 0.25) is 0 Å². The Balaban J connectivity index is 4.76. The first-order chi connectivity index (χ1) is 7.60. The van der Waals surface area contributed by atoms with Gasteiger partial charge in [0.2, 0.25) is 11.4 Å². The number of azo groups is 1. The van der Waals surface area contributed by atoms with Gasteiger partial charge in [-0.05, 0) is 20.8 Å². The third-order valence-corrected chi connectivity index (χ3v) is 1.92. The fourth-order valence-corrected chi connectivity index (χ4v) is 1.07. The Bertz CT molecular complexity index is 325. The Morgan fingerprint density at radius 3 is 1.82 bits per heavy atom. The molecule has 0 saturated heterocycles. The van der Waals surface area contributed by atoms with Gasteiger partial charge in [-0.3, -0.25) is 9.59 Å². The zero-order chi connectivity index (χ0) is 13.7. The first-order valence-electron chi connectivity index (χ1n) is 5.43. The van der Waals surface area contributed by atoms with Crippen LogP contribution in [0.25, 0.3) is 0 Å². The maximum absolute atomic E-state index is 10.9. The van der Waals surface area contributed by atoms with Gasteiger partial charge in [-0.1, -0.05) is 6.92 Å². The van der Waals surface area contributed by atoms with Gasteiger partial charge in [0.25, 0.3) is 0 Å². The number of carbonyl (C=O) groups is 2. The molecule has 0 saturated carbocycles. The first-order valence-corrected chi connectivity index (χ1v) is 5.43. The van der Waals surface area contributed by atoms with Gasteiger partial charge in [-0.15, -0.1) is 10.2 Å². The Hall–Kier alpha value is -1.46. The maximum atomic E-state index is 10.9. The smallest absolute Gasteiger partial charge is 0.304 e. The van der Waals surface area contributed by atoms with Crippen LogP contribution in [0.15, 0.2) is 10.2 Å². The highest BCUT2D eigenvalue weighted by atomic mass is 16.6. The summed E-state index contributed by atoms with van der Waals surface area (Å²) in [5.74, 6) is -0.877. The number of hydrogen-bond acceptors (Lipinski definition) is 6. The summed E-state index contributed by atoms with van der Waals surface area (Å²) in [6.07, 6.45) is 0.478. The van der Waals surface area contributed by atoms with E-state index in [1.165, 1.54) is 13.8 Å². The Labute approximate surface area is 101 Å². The molecule has 17 heavy (non-hydrogen) atoms. The van der Waals surface area contributed by atoms with Crippen molar-refractivity contribution in [1.29, 1.82) is 0 Å². The molecule has 0 aliphatic rings. The molecule has 0 aliphatic carbocycles. The molecule has 0 aromatic heterocycles. The average Bonchev–Trinajstić information content (AvgIpc) is 2.12. The molecule has 0 bridgehead atoms. The predicted octanol–water partition coefficient (Wildman–Crippen LogP) is 2.43. The lowest BCUT2D eigenvalue weighted by atomic mass is 10.2. The molecule has 0 spiro atoms. The number of hydrogen-bond donors (Lipinski definition) is 0. The number of esters is 2. The second-order valence-electron chi connectivity index (χ2n) is 4.36. The topological polar surface area (TPSA) is 77.3 Å². The highest BCUT2D eigenvalue weighted by molar-refractivity contribution is 5.66. The van der Waals surface area contributed by atoms with E-state index in [4.69, 9.17) is 9.47 Å². The summed E-state index contributed by atoms with van der Waals surface area (Å²) < 4.78 is 9.99. The van der Waals surface area contributed by atoms with Gasteiger partial charge in [-0.2, -0.15) is 0 Å². The van der Waals surface area contributed by atoms with E-state index in [1.807, 2.05) is 6.92 Å². The fraction of sp³-hybridized carbons (Fsp3) is 0.818. The van der Waals surface area contributed by atoms with Crippen molar-refractivity contribution < 1.29 is 19.1 Å². The van der Waals surface area contributed by atoms with Crippen LogP contribution in [-0.4, -0.2) is 23.4 Å². The zero-order valence-corrected chi connectivity index (χ0v) is 11.2. The van der Waals surface area contributed by atoms with Gasteiger partial charge in [0, 0.05) is 20.3 Å².